The molecule has 0 atom stereocenters. The molecule has 1 N–H and O–H groups in total. The van der Waals surface area contributed by atoms with Crippen molar-refractivity contribution in [2.24, 2.45) is 5.41 Å². The normalized spacial score (nSPS) is 17.9. The molecule has 0 unspecified atom stereocenters. The highest BCUT2D eigenvalue weighted by Crippen LogP contribution is 2.39. The van der Waals surface area contributed by atoms with Gasteiger partial charge in [0.2, 0.25) is 0 Å². The molecule has 0 aromatic heterocycles. The molecule has 1 aromatic carbocycles. The fourth-order valence-corrected chi connectivity index (χ4v) is 3.18. The molecule has 1 aliphatic rings. The number of rotatable bonds is 5. The van der Waals surface area contributed by atoms with Crippen LogP contribution in [0.25, 0.3) is 0 Å². The number of aliphatic hydroxyl groups is 1. The molecule has 2 heteroatoms. The van der Waals surface area contributed by atoms with Gasteiger partial charge in [-0.2, -0.15) is 0 Å². The summed E-state index contributed by atoms with van der Waals surface area (Å²) in [6.07, 6.45) is 4.88. The molecule has 100 valence electrons. The van der Waals surface area contributed by atoms with Gasteiger partial charge in [0.1, 0.15) is 0 Å². The largest absolute Gasteiger partial charge is 0.396 e. The van der Waals surface area contributed by atoms with E-state index in [1.165, 1.54) is 36.9 Å². The Labute approximate surface area is 111 Å². The average Bonchev–Trinajstić information content (AvgIpc) is 2.86. The Hall–Kier alpha value is -1.02. The number of anilines is 1. The summed E-state index contributed by atoms with van der Waals surface area (Å²) in [4.78, 5) is 2.43. The molecular formula is C16H25NO. The number of nitrogens with zero attached hydrogens (tertiary/aromatic N) is 1. The van der Waals surface area contributed by atoms with Gasteiger partial charge < -0.3 is 10.0 Å². The van der Waals surface area contributed by atoms with Gasteiger partial charge in [-0.15, -0.1) is 0 Å². The molecule has 0 amide bonds. The highest BCUT2D eigenvalue weighted by atomic mass is 16.3. The molecule has 18 heavy (non-hydrogen) atoms. The first-order valence-electron chi connectivity index (χ1n) is 7.12. The van der Waals surface area contributed by atoms with Crippen LogP contribution in [0.2, 0.25) is 0 Å². The van der Waals surface area contributed by atoms with Crippen LogP contribution in [0.4, 0.5) is 5.69 Å². The summed E-state index contributed by atoms with van der Waals surface area (Å²) in [5, 5.41) is 9.75. The van der Waals surface area contributed by atoms with Crippen molar-refractivity contribution in [1.82, 2.24) is 0 Å². The second-order valence-corrected chi connectivity index (χ2v) is 5.67. The fraction of sp³-hybridized carbons (Fsp3) is 0.625. The lowest BCUT2D eigenvalue weighted by atomic mass is 9.86. The van der Waals surface area contributed by atoms with Crippen LogP contribution in [-0.2, 0) is 0 Å². The van der Waals surface area contributed by atoms with E-state index in [9.17, 15) is 5.11 Å². The predicted octanol–water partition coefficient (Wildman–Crippen LogP) is 3.37. The smallest absolute Gasteiger partial charge is 0.0504 e. The molecule has 0 heterocycles. The molecule has 1 saturated carbocycles. The van der Waals surface area contributed by atoms with E-state index >= 15 is 0 Å². The molecule has 2 nitrogen and oxygen atoms in total. The Bertz CT molecular complexity index is 382. The van der Waals surface area contributed by atoms with Crippen LogP contribution >= 0.6 is 0 Å². The maximum absolute atomic E-state index is 9.75. The molecule has 2 rings (SSSR count). The van der Waals surface area contributed by atoms with Gasteiger partial charge in [-0.05, 0) is 38.3 Å². The van der Waals surface area contributed by atoms with Gasteiger partial charge in [0.15, 0.2) is 0 Å². The van der Waals surface area contributed by atoms with Crippen LogP contribution < -0.4 is 4.90 Å². The zero-order valence-corrected chi connectivity index (χ0v) is 11.7. The van der Waals surface area contributed by atoms with E-state index in [1.54, 1.807) is 0 Å². The number of aliphatic hydroxyl groups excluding tert-OH is 1. The van der Waals surface area contributed by atoms with Crippen molar-refractivity contribution in [2.45, 2.75) is 39.5 Å². The summed E-state index contributed by atoms with van der Waals surface area (Å²) in [6, 6.07) is 8.55. The van der Waals surface area contributed by atoms with E-state index in [0.717, 1.165) is 13.1 Å². The van der Waals surface area contributed by atoms with Gasteiger partial charge in [-0.25, -0.2) is 0 Å². The standard InChI is InChI=1S/C16H25NO/c1-3-17(15-9-5-4-8-14(15)2)12-16(13-18)10-6-7-11-16/h4-5,8-9,18H,3,6-7,10-13H2,1-2H3. The second kappa shape index (κ2) is 5.75. The number of aryl methyl sites for hydroxylation is 1. The highest BCUT2D eigenvalue weighted by molar-refractivity contribution is 5.53. The maximum atomic E-state index is 9.75. The van der Waals surface area contributed by atoms with E-state index in [4.69, 9.17) is 0 Å². The van der Waals surface area contributed by atoms with Crippen molar-refractivity contribution in [3.8, 4) is 0 Å². The van der Waals surface area contributed by atoms with Crippen LogP contribution in [0.5, 0.6) is 0 Å². The van der Waals surface area contributed by atoms with E-state index in [-0.39, 0.29) is 5.41 Å². The van der Waals surface area contributed by atoms with Gasteiger partial charge in [-0.3, -0.25) is 0 Å². The SMILES string of the molecule is CCN(CC1(CO)CCCC1)c1ccccc1C. The Balaban J connectivity index is 2.17. The van der Waals surface area contributed by atoms with E-state index in [0.29, 0.717) is 6.61 Å². The first-order chi connectivity index (χ1) is 8.71. The minimum absolute atomic E-state index is 0.137. The fourth-order valence-electron chi connectivity index (χ4n) is 3.18. The van der Waals surface area contributed by atoms with Crippen molar-refractivity contribution in [3.05, 3.63) is 29.8 Å². The lowest BCUT2D eigenvalue weighted by Crippen LogP contribution is -2.39. The summed E-state index contributed by atoms with van der Waals surface area (Å²) in [5.41, 5.74) is 2.78. The molecule has 0 radical (unpaired) electrons. The first kappa shape index (κ1) is 13.4. The monoisotopic (exact) mass is 247 g/mol. The summed E-state index contributed by atoms with van der Waals surface area (Å²) in [5.74, 6) is 0. The van der Waals surface area contributed by atoms with Crippen molar-refractivity contribution >= 4 is 5.69 Å². The van der Waals surface area contributed by atoms with Crippen LogP contribution in [-0.4, -0.2) is 24.8 Å². The van der Waals surface area contributed by atoms with Gasteiger partial charge in [-0.1, -0.05) is 31.0 Å². The Kier molecular flexibility index (Phi) is 4.28. The zero-order chi connectivity index (χ0) is 13.0. The van der Waals surface area contributed by atoms with E-state index in [2.05, 4.69) is 43.0 Å². The van der Waals surface area contributed by atoms with Crippen molar-refractivity contribution in [2.75, 3.05) is 24.6 Å². The Morgan fingerprint density at radius 3 is 2.44 bits per heavy atom. The average molecular weight is 247 g/mol. The summed E-state index contributed by atoms with van der Waals surface area (Å²) in [6.45, 7) is 6.69. The zero-order valence-electron chi connectivity index (χ0n) is 11.7. The Morgan fingerprint density at radius 1 is 1.22 bits per heavy atom. The number of benzene rings is 1. The van der Waals surface area contributed by atoms with Crippen LogP contribution in [0.3, 0.4) is 0 Å². The highest BCUT2D eigenvalue weighted by Gasteiger charge is 2.34. The maximum Gasteiger partial charge on any atom is 0.0504 e. The minimum atomic E-state index is 0.137. The Morgan fingerprint density at radius 2 is 1.89 bits per heavy atom. The van der Waals surface area contributed by atoms with E-state index < -0.39 is 0 Å². The van der Waals surface area contributed by atoms with Crippen LogP contribution in [0, 0.1) is 12.3 Å². The molecule has 0 spiro atoms. The number of hydrogen-bond acceptors (Lipinski definition) is 2. The molecule has 0 bridgehead atoms. The van der Waals surface area contributed by atoms with Gasteiger partial charge in [0.25, 0.3) is 0 Å². The summed E-state index contributed by atoms with van der Waals surface area (Å²) < 4.78 is 0. The summed E-state index contributed by atoms with van der Waals surface area (Å²) >= 11 is 0. The topological polar surface area (TPSA) is 23.5 Å². The third kappa shape index (κ3) is 2.69. The lowest BCUT2D eigenvalue weighted by molar-refractivity contribution is 0.136. The van der Waals surface area contributed by atoms with Crippen molar-refractivity contribution < 1.29 is 5.11 Å². The number of para-hydroxylation sites is 1. The summed E-state index contributed by atoms with van der Waals surface area (Å²) in [7, 11) is 0. The third-order valence-electron chi connectivity index (χ3n) is 4.36. The van der Waals surface area contributed by atoms with Gasteiger partial charge >= 0.3 is 0 Å². The van der Waals surface area contributed by atoms with Crippen molar-refractivity contribution in [1.29, 1.82) is 0 Å². The molecule has 1 aliphatic carbocycles. The van der Waals surface area contributed by atoms with Crippen LogP contribution in [0.1, 0.15) is 38.2 Å². The third-order valence-corrected chi connectivity index (χ3v) is 4.36. The predicted molar refractivity (Wildman–Crippen MR) is 77.1 cm³/mol. The van der Waals surface area contributed by atoms with Crippen LogP contribution in [0.15, 0.2) is 24.3 Å². The second-order valence-electron chi connectivity index (χ2n) is 5.67. The molecular weight excluding hydrogens is 222 g/mol. The molecule has 0 aliphatic heterocycles. The number of hydrogen-bond donors (Lipinski definition) is 1. The molecule has 1 aromatic rings. The molecule has 1 fully saturated rings. The van der Waals surface area contributed by atoms with Crippen molar-refractivity contribution in [3.63, 3.8) is 0 Å². The quantitative estimate of drug-likeness (QED) is 0.862. The molecule has 0 saturated heterocycles. The van der Waals surface area contributed by atoms with Gasteiger partial charge in [0.05, 0.1) is 6.61 Å². The lowest BCUT2D eigenvalue weighted by Gasteiger charge is -2.35. The first-order valence-corrected chi connectivity index (χ1v) is 7.12. The van der Waals surface area contributed by atoms with E-state index in [1.807, 2.05) is 0 Å². The minimum Gasteiger partial charge on any atom is -0.396 e. The van der Waals surface area contributed by atoms with Gasteiger partial charge in [0, 0.05) is 24.2 Å².